The van der Waals surface area contributed by atoms with Gasteiger partial charge < -0.3 is 20.0 Å². The number of fused-ring (bicyclic) bond motifs is 2. The quantitative estimate of drug-likeness (QED) is 0.157. The van der Waals surface area contributed by atoms with Crippen molar-refractivity contribution in [1.82, 2.24) is 25.1 Å². The lowest BCUT2D eigenvalue weighted by atomic mass is 10.0. The molecule has 2 aliphatic heterocycles. The fourth-order valence-corrected chi connectivity index (χ4v) is 8.84. The summed E-state index contributed by atoms with van der Waals surface area (Å²) >= 11 is 18.5. The van der Waals surface area contributed by atoms with Crippen LogP contribution < -0.4 is 10.2 Å². The summed E-state index contributed by atoms with van der Waals surface area (Å²) in [4.78, 5) is 17.2. The molecule has 0 atom stereocenters. The van der Waals surface area contributed by atoms with Crippen LogP contribution in [0.15, 0.2) is 109 Å². The van der Waals surface area contributed by atoms with Crippen LogP contribution >= 0.6 is 34.8 Å². The number of piperidine rings is 2. The average Bonchev–Trinajstić information content (AvgIpc) is 3.25. The van der Waals surface area contributed by atoms with E-state index < -0.39 is 0 Å². The summed E-state index contributed by atoms with van der Waals surface area (Å²) in [6.07, 6.45) is 5.09. The van der Waals surface area contributed by atoms with Gasteiger partial charge in [0.2, 0.25) is 0 Å². The number of pyridine rings is 2. The molecule has 8 rings (SSSR count). The van der Waals surface area contributed by atoms with Crippen LogP contribution in [0.4, 0.5) is 5.69 Å². The molecule has 2 aromatic heterocycles. The number of hydrogen-bond donors (Lipinski definition) is 1. The Hall–Kier alpha value is -3.75. The zero-order valence-electron chi connectivity index (χ0n) is 33.9. The topological polar surface area (TPSA) is 47.5 Å². The number of hydrogen-bond acceptors (Lipinski definition) is 6. The molecule has 9 heteroatoms. The van der Waals surface area contributed by atoms with Crippen molar-refractivity contribution in [1.29, 1.82) is 0 Å². The Morgan fingerprint density at radius 1 is 0.561 bits per heavy atom. The summed E-state index contributed by atoms with van der Waals surface area (Å²) in [5.74, 6) is 0. The van der Waals surface area contributed by atoms with Crippen LogP contribution in [0.2, 0.25) is 15.1 Å². The highest BCUT2D eigenvalue weighted by molar-refractivity contribution is 6.36. The van der Waals surface area contributed by atoms with Crippen molar-refractivity contribution in [2.24, 2.45) is 0 Å². The highest BCUT2D eigenvalue weighted by Gasteiger charge is 2.25. The normalized spacial score (nSPS) is 15.1. The zero-order chi connectivity index (χ0) is 40.1. The molecular formula is C48H57Cl3N6. The minimum atomic E-state index is 0.663. The molecule has 0 amide bonds. The van der Waals surface area contributed by atoms with E-state index in [4.69, 9.17) is 39.8 Å². The lowest BCUT2D eigenvalue weighted by molar-refractivity contribution is 0.178. The summed E-state index contributed by atoms with van der Waals surface area (Å²) in [7, 11) is 0. The van der Waals surface area contributed by atoms with E-state index in [9.17, 15) is 0 Å². The van der Waals surface area contributed by atoms with Gasteiger partial charge in [0.15, 0.2) is 0 Å². The number of anilines is 1. The van der Waals surface area contributed by atoms with Gasteiger partial charge in [-0.2, -0.15) is 0 Å². The summed E-state index contributed by atoms with van der Waals surface area (Å²) in [6.45, 7) is 18.3. The monoisotopic (exact) mass is 822 g/mol. The van der Waals surface area contributed by atoms with Crippen molar-refractivity contribution in [2.45, 2.75) is 65.5 Å². The second-order valence-corrected chi connectivity index (χ2v) is 16.0. The zero-order valence-corrected chi connectivity index (χ0v) is 36.2. The van der Waals surface area contributed by atoms with Gasteiger partial charge in [0, 0.05) is 62.8 Å². The van der Waals surface area contributed by atoms with Gasteiger partial charge in [0.1, 0.15) is 0 Å². The molecule has 0 aliphatic carbocycles. The molecule has 0 spiro atoms. The van der Waals surface area contributed by atoms with Gasteiger partial charge in [-0.3, -0.25) is 0 Å². The summed E-state index contributed by atoms with van der Waals surface area (Å²) in [5.41, 5.74) is 7.11. The van der Waals surface area contributed by atoms with Gasteiger partial charge in [-0.25, -0.2) is 9.97 Å². The maximum absolute atomic E-state index is 6.28. The van der Waals surface area contributed by atoms with Crippen LogP contribution in [0.5, 0.6) is 0 Å². The van der Waals surface area contributed by atoms with Gasteiger partial charge >= 0.3 is 0 Å². The maximum atomic E-state index is 6.28. The van der Waals surface area contributed by atoms with E-state index in [1.165, 1.54) is 62.9 Å². The standard InChI is InChI=1S/C24H28ClN3.C15H9Cl2N.C9H20N2/c1-3-27(4-2)20-12-14-28(15-13-20)24-17-22(18-8-6-5-7-9-18)26-23-16-19(25)10-11-21(23)24;16-11-6-7-12-13(17)9-14(18-15(12)8-11)10-4-2-1-3-5-10;1-3-11(4-2)9-5-7-10-8-6-9/h5-11,16-17,20H,3-4,12-15H2,1-2H3;1-9H;9-10H,3-8H2,1-2H3. The fraction of sp³-hybridized carbons (Fsp3) is 0.375. The molecule has 2 aliphatic rings. The Balaban J connectivity index is 0.000000161. The van der Waals surface area contributed by atoms with E-state index in [2.05, 4.69) is 89.1 Å². The lowest BCUT2D eigenvalue weighted by Crippen LogP contribution is -2.44. The first-order valence-electron chi connectivity index (χ1n) is 20.7. The minimum Gasteiger partial charge on any atom is -0.371 e. The van der Waals surface area contributed by atoms with Gasteiger partial charge in [-0.05, 0) is 113 Å². The number of benzene rings is 4. The van der Waals surface area contributed by atoms with Crippen molar-refractivity contribution in [3.63, 3.8) is 0 Å². The van der Waals surface area contributed by atoms with Crippen LogP contribution in [-0.2, 0) is 0 Å². The van der Waals surface area contributed by atoms with Gasteiger partial charge in [0.05, 0.1) is 27.4 Å². The van der Waals surface area contributed by atoms with Gasteiger partial charge in [0.25, 0.3) is 0 Å². The third-order valence-electron chi connectivity index (χ3n) is 11.4. The number of nitrogens with one attached hydrogen (secondary N) is 1. The predicted molar refractivity (Wildman–Crippen MR) is 246 cm³/mol. The highest BCUT2D eigenvalue weighted by Crippen LogP contribution is 2.34. The minimum absolute atomic E-state index is 0.663. The van der Waals surface area contributed by atoms with E-state index in [-0.39, 0.29) is 0 Å². The van der Waals surface area contributed by atoms with Crippen LogP contribution in [0.3, 0.4) is 0 Å². The average molecular weight is 824 g/mol. The van der Waals surface area contributed by atoms with E-state index in [1.54, 1.807) is 0 Å². The molecule has 57 heavy (non-hydrogen) atoms. The number of aromatic nitrogens is 2. The predicted octanol–water partition coefficient (Wildman–Crippen LogP) is 12.2. The molecule has 1 N–H and O–H groups in total. The molecule has 0 bridgehead atoms. The van der Waals surface area contributed by atoms with E-state index in [0.29, 0.717) is 16.1 Å². The van der Waals surface area contributed by atoms with Crippen LogP contribution in [0.25, 0.3) is 44.3 Å². The Morgan fingerprint density at radius 3 is 1.53 bits per heavy atom. The van der Waals surface area contributed by atoms with Crippen molar-refractivity contribution < 1.29 is 0 Å². The summed E-state index contributed by atoms with van der Waals surface area (Å²) in [6, 6.07) is 37.7. The molecule has 0 saturated carbocycles. The second-order valence-electron chi connectivity index (χ2n) is 14.7. The molecule has 2 fully saturated rings. The fourth-order valence-electron chi connectivity index (χ4n) is 8.24. The van der Waals surface area contributed by atoms with Gasteiger partial charge in [-0.1, -0.05) is 123 Å². The smallest absolute Gasteiger partial charge is 0.0745 e. The Bertz CT molecular complexity index is 2140. The Morgan fingerprint density at radius 2 is 1.02 bits per heavy atom. The van der Waals surface area contributed by atoms with Crippen molar-refractivity contribution in [2.75, 3.05) is 57.3 Å². The SMILES string of the molecule is CCN(CC)C1CCN(c2cc(-c3ccccc3)nc3cc(Cl)ccc23)CC1.CCN(CC)C1CCNCC1.Clc1ccc2c(Cl)cc(-c3ccccc3)nc2c1. The number of nitrogens with zero attached hydrogens (tertiary/aromatic N) is 5. The highest BCUT2D eigenvalue weighted by atomic mass is 35.5. The molecule has 0 radical (unpaired) electrons. The largest absolute Gasteiger partial charge is 0.371 e. The maximum Gasteiger partial charge on any atom is 0.0745 e. The lowest BCUT2D eigenvalue weighted by Gasteiger charge is -2.39. The van der Waals surface area contributed by atoms with E-state index in [1.807, 2.05) is 72.8 Å². The molecule has 0 unspecified atom stereocenters. The van der Waals surface area contributed by atoms with Crippen molar-refractivity contribution >= 4 is 62.3 Å². The molecule has 4 heterocycles. The molecule has 2 saturated heterocycles. The van der Waals surface area contributed by atoms with Gasteiger partial charge in [-0.15, -0.1) is 0 Å². The van der Waals surface area contributed by atoms with E-state index >= 15 is 0 Å². The van der Waals surface area contributed by atoms with Crippen LogP contribution in [0.1, 0.15) is 53.4 Å². The molecular weight excluding hydrogens is 767 g/mol. The number of halogens is 3. The number of rotatable bonds is 9. The Labute approximate surface area is 355 Å². The van der Waals surface area contributed by atoms with Crippen LogP contribution in [-0.4, -0.2) is 84.2 Å². The first-order valence-corrected chi connectivity index (χ1v) is 21.9. The first kappa shape index (κ1) is 42.8. The third-order valence-corrected chi connectivity index (χ3v) is 12.2. The summed E-state index contributed by atoms with van der Waals surface area (Å²) < 4.78 is 0. The van der Waals surface area contributed by atoms with Crippen molar-refractivity contribution in [3.8, 4) is 22.5 Å². The van der Waals surface area contributed by atoms with Crippen molar-refractivity contribution in [3.05, 3.63) is 124 Å². The first-order chi connectivity index (χ1) is 27.8. The Kier molecular flexibility index (Phi) is 16.0. The third kappa shape index (κ3) is 11.3. The molecule has 300 valence electrons. The molecule has 6 nitrogen and oxygen atoms in total. The van der Waals surface area contributed by atoms with E-state index in [0.717, 1.165) is 76.2 Å². The summed E-state index contributed by atoms with van der Waals surface area (Å²) in [5, 5.41) is 7.58. The molecule has 6 aromatic rings. The van der Waals surface area contributed by atoms with Crippen LogP contribution in [0, 0.1) is 0 Å². The molecule has 4 aromatic carbocycles. The second kappa shape index (κ2) is 21.3.